The van der Waals surface area contributed by atoms with Gasteiger partial charge in [0.05, 0.1) is 4.92 Å². The predicted molar refractivity (Wildman–Crippen MR) is 77.8 cm³/mol. The molecule has 0 bridgehead atoms. The van der Waals surface area contributed by atoms with E-state index in [9.17, 15) is 23.6 Å². The van der Waals surface area contributed by atoms with Crippen LogP contribution in [0.4, 0.5) is 5.69 Å². The molecule has 0 aliphatic heterocycles. The van der Waals surface area contributed by atoms with Crippen LogP contribution in [-0.4, -0.2) is 45.8 Å². The van der Waals surface area contributed by atoms with Crippen molar-refractivity contribution in [3.05, 3.63) is 52.1 Å². The number of aromatic nitrogens is 2. The minimum atomic E-state index is -3.77. The molecule has 0 saturated carbocycles. The van der Waals surface area contributed by atoms with Crippen molar-refractivity contribution in [3.63, 3.8) is 0 Å². The Balaban J connectivity index is 2.49. The fourth-order valence-electron chi connectivity index (χ4n) is 1.93. The molecule has 1 heterocycles. The van der Waals surface area contributed by atoms with E-state index in [4.69, 9.17) is 0 Å². The van der Waals surface area contributed by atoms with Gasteiger partial charge in [0, 0.05) is 38.5 Å². The maximum atomic E-state index is 12.2. The zero-order valence-electron chi connectivity index (χ0n) is 11.9. The van der Waals surface area contributed by atoms with Crippen molar-refractivity contribution in [2.45, 2.75) is 6.42 Å². The van der Waals surface area contributed by atoms with Crippen molar-refractivity contribution >= 4 is 15.9 Å². The molecule has 0 unspecified atom stereocenters. The Bertz CT molecular complexity index is 813. The molecule has 1 aromatic carbocycles. The molecule has 9 nitrogen and oxygen atoms in total. The van der Waals surface area contributed by atoms with Gasteiger partial charge in [-0.05, 0) is 6.07 Å². The number of phenolic OH excluding ortho intramolecular Hbond substituents is 1. The van der Waals surface area contributed by atoms with Crippen molar-refractivity contribution in [1.29, 1.82) is 0 Å². The highest BCUT2D eigenvalue weighted by Gasteiger charge is 2.24. The van der Waals surface area contributed by atoms with Crippen LogP contribution in [0.1, 0.15) is 11.4 Å². The lowest BCUT2D eigenvalue weighted by Crippen LogP contribution is -2.29. The third-order valence-electron chi connectivity index (χ3n) is 3.02. The second kappa shape index (κ2) is 5.73. The minimum absolute atomic E-state index is 0.106. The monoisotopic (exact) mass is 326 g/mol. The molecule has 2 rings (SSSR count). The van der Waals surface area contributed by atoms with E-state index in [1.54, 1.807) is 0 Å². The van der Waals surface area contributed by atoms with E-state index >= 15 is 0 Å². The van der Waals surface area contributed by atoms with Crippen molar-refractivity contribution in [3.8, 4) is 5.75 Å². The summed E-state index contributed by atoms with van der Waals surface area (Å²) < 4.78 is 26.3. The largest absolute Gasteiger partial charge is 0.502 e. The third kappa shape index (κ3) is 2.78. The Morgan fingerprint density at radius 1 is 1.41 bits per heavy atom. The number of hydrogen-bond donors (Lipinski definition) is 1. The summed E-state index contributed by atoms with van der Waals surface area (Å²) in [5.74, 6) is -0.363. The number of rotatable bonds is 5. The van der Waals surface area contributed by atoms with Crippen LogP contribution in [0.15, 0.2) is 30.6 Å². The van der Waals surface area contributed by atoms with E-state index in [2.05, 4.69) is 4.98 Å². The summed E-state index contributed by atoms with van der Waals surface area (Å²) in [7, 11) is -1.03. The van der Waals surface area contributed by atoms with Crippen LogP contribution in [0.3, 0.4) is 0 Å². The van der Waals surface area contributed by atoms with Crippen LogP contribution >= 0.6 is 0 Å². The Labute approximate surface area is 126 Å². The summed E-state index contributed by atoms with van der Waals surface area (Å²) >= 11 is 0. The molecule has 0 amide bonds. The van der Waals surface area contributed by atoms with Gasteiger partial charge in [-0.3, -0.25) is 10.1 Å². The first-order chi connectivity index (χ1) is 10.2. The number of nitrogens with zero attached hydrogens (tertiary/aromatic N) is 4. The minimum Gasteiger partial charge on any atom is -0.502 e. The quantitative estimate of drug-likeness (QED) is 0.639. The van der Waals surface area contributed by atoms with Crippen LogP contribution in [0.5, 0.6) is 5.75 Å². The molecule has 0 atom stereocenters. The smallest absolute Gasteiger partial charge is 0.314 e. The fraction of sp³-hybridized carbons (Fsp3) is 0.250. The van der Waals surface area contributed by atoms with E-state index in [-0.39, 0.29) is 17.8 Å². The average molecular weight is 326 g/mol. The molecule has 0 saturated heterocycles. The normalized spacial score (nSPS) is 11.8. The lowest BCUT2D eigenvalue weighted by molar-refractivity contribution is -0.386. The highest BCUT2D eigenvalue weighted by Crippen LogP contribution is 2.30. The van der Waals surface area contributed by atoms with Crippen LogP contribution in [0.25, 0.3) is 0 Å². The predicted octanol–water partition coefficient (Wildman–Crippen LogP) is 0.742. The van der Waals surface area contributed by atoms with E-state index < -0.39 is 26.6 Å². The first-order valence-corrected chi connectivity index (χ1v) is 7.55. The maximum absolute atomic E-state index is 12.2. The fourth-order valence-corrected chi connectivity index (χ4v) is 2.87. The number of para-hydroxylation sites is 1. The molecule has 0 fully saturated rings. The summed E-state index contributed by atoms with van der Waals surface area (Å²) in [6, 6.07) is 4.09. The number of benzene rings is 1. The number of phenols is 1. The van der Waals surface area contributed by atoms with Gasteiger partial charge in [-0.15, -0.1) is 0 Å². The number of aromatic hydroxyl groups is 1. The van der Waals surface area contributed by atoms with Gasteiger partial charge < -0.3 is 5.11 Å². The Kier molecular flexibility index (Phi) is 4.15. The Morgan fingerprint density at radius 2 is 2.09 bits per heavy atom. The molecule has 0 aliphatic rings. The van der Waals surface area contributed by atoms with Crippen molar-refractivity contribution < 1.29 is 18.4 Å². The zero-order valence-corrected chi connectivity index (χ0v) is 12.7. The van der Waals surface area contributed by atoms with Gasteiger partial charge in [-0.2, -0.15) is 12.7 Å². The first-order valence-electron chi connectivity index (χ1n) is 6.15. The molecule has 1 N–H and O–H groups in total. The summed E-state index contributed by atoms with van der Waals surface area (Å²) in [6.45, 7) is 0. The average Bonchev–Trinajstić information content (AvgIpc) is 2.86. The first kappa shape index (κ1) is 15.9. The molecular formula is C12H14N4O5S. The Hall–Kier alpha value is -2.46. The van der Waals surface area contributed by atoms with Crippen LogP contribution in [-0.2, 0) is 16.6 Å². The zero-order chi connectivity index (χ0) is 16.5. The third-order valence-corrected chi connectivity index (χ3v) is 4.77. The standard InChI is InChI=1S/C12H14N4O5S/c1-14(2)22(20,21)15-7-6-13-11(15)8-9-4-3-5-10(17)12(9)16(18)19/h3-7,17H,8H2,1-2H3. The van der Waals surface area contributed by atoms with Gasteiger partial charge in [0.15, 0.2) is 5.75 Å². The van der Waals surface area contributed by atoms with E-state index in [0.717, 1.165) is 8.28 Å². The van der Waals surface area contributed by atoms with E-state index in [1.165, 1.54) is 44.7 Å². The summed E-state index contributed by atoms with van der Waals surface area (Å²) in [5.41, 5.74) is -0.286. The van der Waals surface area contributed by atoms with Crippen LogP contribution in [0, 0.1) is 10.1 Å². The molecule has 2 aromatic rings. The highest BCUT2D eigenvalue weighted by atomic mass is 32.2. The van der Waals surface area contributed by atoms with Crippen molar-refractivity contribution in [2.75, 3.05) is 14.1 Å². The second-order valence-electron chi connectivity index (χ2n) is 4.65. The molecule has 22 heavy (non-hydrogen) atoms. The summed E-state index contributed by atoms with van der Waals surface area (Å²) in [6.07, 6.45) is 2.45. The molecule has 118 valence electrons. The van der Waals surface area contributed by atoms with E-state index in [1.807, 2.05) is 0 Å². The molecule has 0 spiro atoms. The highest BCUT2D eigenvalue weighted by molar-refractivity contribution is 7.87. The Morgan fingerprint density at radius 3 is 2.68 bits per heavy atom. The van der Waals surface area contributed by atoms with E-state index in [0.29, 0.717) is 0 Å². The van der Waals surface area contributed by atoms with Gasteiger partial charge in [0.2, 0.25) is 0 Å². The van der Waals surface area contributed by atoms with Crippen LogP contribution in [0.2, 0.25) is 0 Å². The van der Waals surface area contributed by atoms with Crippen LogP contribution < -0.4 is 0 Å². The van der Waals surface area contributed by atoms with Gasteiger partial charge in [0.1, 0.15) is 5.82 Å². The maximum Gasteiger partial charge on any atom is 0.314 e. The topological polar surface area (TPSA) is 119 Å². The SMILES string of the molecule is CN(C)S(=O)(=O)n1ccnc1Cc1cccc(O)c1[N+](=O)[O-]. The van der Waals surface area contributed by atoms with Crippen molar-refractivity contribution in [2.24, 2.45) is 0 Å². The van der Waals surface area contributed by atoms with Crippen molar-refractivity contribution in [1.82, 2.24) is 13.3 Å². The number of hydrogen-bond acceptors (Lipinski definition) is 6. The summed E-state index contributed by atoms with van der Waals surface area (Å²) in [4.78, 5) is 14.3. The number of nitro groups is 1. The lowest BCUT2D eigenvalue weighted by Gasteiger charge is -2.14. The molecule has 0 aliphatic carbocycles. The molecular weight excluding hydrogens is 312 g/mol. The number of nitro benzene ring substituents is 1. The molecule has 0 radical (unpaired) electrons. The second-order valence-corrected chi connectivity index (χ2v) is 6.67. The van der Waals surface area contributed by atoms with Gasteiger partial charge in [-0.1, -0.05) is 12.1 Å². The summed E-state index contributed by atoms with van der Waals surface area (Å²) in [5, 5.41) is 20.7. The molecule has 10 heteroatoms. The lowest BCUT2D eigenvalue weighted by atomic mass is 10.1. The molecule has 1 aromatic heterocycles. The number of imidazole rings is 1. The van der Waals surface area contributed by atoms with Gasteiger partial charge in [-0.25, -0.2) is 8.96 Å². The van der Waals surface area contributed by atoms with Gasteiger partial charge in [0.25, 0.3) is 0 Å². The van der Waals surface area contributed by atoms with Gasteiger partial charge >= 0.3 is 15.9 Å².